The van der Waals surface area contributed by atoms with Gasteiger partial charge in [-0.3, -0.25) is 4.99 Å². The Balaban J connectivity index is 1.61. The van der Waals surface area contributed by atoms with Crippen molar-refractivity contribution >= 4 is 28.6 Å². The second kappa shape index (κ2) is 8.12. The number of aliphatic imine (C=N–C) groups is 1. The highest BCUT2D eigenvalue weighted by Crippen LogP contribution is 2.41. The van der Waals surface area contributed by atoms with Gasteiger partial charge >= 0.3 is 0 Å². The molecule has 1 aliphatic carbocycles. The molecule has 2 N–H and O–H groups in total. The quantitative estimate of drug-likeness (QED) is 0.622. The van der Waals surface area contributed by atoms with Gasteiger partial charge in [0.1, 0.15) is 0 Å². The van der Waals surface area contributed by atoms with Gasteiger partial charge in [-0.05, 0) is 31.2 Å². The van der Waals surface area contributed by atoms with E-state index in [1.165, 1.54) is 41.9 Å². The zero-order valence-electron chi connectivity index (χ0n) is 14.5. The van der Waals surface area contributed by atoms with Crippen molar-refractivity contribution in [3.63, 3.8) is 0 Å². The molecule has 130 valence electrons. The predicted octanol–water partition coefficient (Wildman–Crippen LogP) is 4.08. The molecule has 4 nitrogen and oxygen atoms in total. The number of thiazole rings is 1. The Kier molecular flexibility index (Phi) is 5.89. The summed E-state index contributed by atoms with van der Waals surface area (Å²) in [6.07, 6.45) is 6.55. The summed E-state index contributed by atoms with van der Waals surface area (Å²) >= 11 is 3.58. The summed E-state index contributed by atoms with van der Waals surface area (Å²) in [5, 5.41) is 9.21. The van der Waals surface area contributed by atoms with E-state index in [9.17, 15) is 0 Å². The van der Waals surface area contributed by atoms with Crippen LogP contribution in [0.25, 0.3) is 0 Å². The lowest BCUT2D eigenvalue weighted by Crippen LogP contribution is -2.46. The third kappa shape index (κ3) is 3.98. The second-order valence-electron chi connectivity index (χ2n) is 6.46. The van der Waals surface area contributed by atoms with E-state index in [4.69, 9.17) is 0 Å². The monoisotopic (exact) mass is 362 g/mol. The SMILES string of the molecule is CN=C(NCc1scnc1C)NCC1(c2cccs2)CCCCC1. The molecule has 1 aliphatic rings. The minimum absolute atomic E-state index is 0.268. The molecule has 0 atom stereocenters. The first-order valence-corrected chi connectivity index (χ1v) is 10.4. The Hall–Kier alpha value is -1.40. The maximum absolute atomic E-state index is 4.40. The number of guanidine groups is 1. The van der Waals surface area contributed by atoms with Crippen molar-refractivity contribution in [1.29, 1.82) is 0 Å². The van der Waals surface area contributed by atoms with Gasteiger partial charge in [0.2, 0.25) is 0 Å². The van der Waals surface area contributed by atoms with Gasteiger partial charge in [0.15, 0.2) is 5.96 Å². The molecule has 0 aliphatic heterocycles. The number of hydrogen-bond donors (Lipinski definition) is 2. The number of hydrogen-bond acceptors (Lipinski definition) is 4. The van der Waals surface area contributed by atoms with Gasteiger partial charge in [-0.1, -0.05) is 25.3 Å². The fourth-order valence-electron chi connectivity index (χ4n) is 3.45. The van der Waals surface area contributed by atoms with Gasteiger partial charge in [0.25, 0.3) is 0 Å². The number of nitrogens with one attached hydrogen (secondary N) is 2. The normalized spacial score (nSPS) is 17.7. The molecule has 3 rings (SSSR count). The van der Waals surface area contributed by atoms with Crippen LogP contribution in [0, 0.1) is 6.92 Å². The van der Waals surface area contributed by atoms with E-state index in [-0.39, 0.29) is 5.41 Å². The van der Waals surface area contributed by atoms with E-state index in [0.29, 0.717) is 0 Å². The van der Waals surface area contributed by atoms with Crippen molar-refractivity contribution in [1.82, 2.24) is 15.6 Å². The van der Waals surface area contributed by atoms with Crippen LogP contribution in [-0.4, -0.2) is 24.5 Å². The van der Waals surface area contributed by atoms with Gasteiger partial charge in [-0.15, -0.1) is 22.7 Å². The highest BCUT2D eigenvalue weighted by Gasteiger charge is 2.34. The van der Waals surface area contributed by atoms with E-state index >= 15 is 0 Å². The number of thiophene rings is 1. The average Bonchev–Trinajstić information content (AvgIpc) is 3.28. The third-order valence-electron chi connectivity index (χ3n) is 4.93. The lowest BCUT2D eigenvalue weighted by Gasteiger charge is -2.37. The molecular formula is C18H26N4S2. The lowest BCUT2D eigenvalue weighted by atomic mass is 9.73. The predicted molar refractivity (Wildman–Crippen MR) is 104 cm³/mol. The summed E-state index contributed by atoms with van der Waals surface area (Å²) < 4.78 is 0. The fourth-order valence-corrected chi connectivity index (χ4v) is 5.16. The summed E-state index contributed by atoms with van der Waals surface area (Å²) in [6, 6.07) is 4.48. The van der Waals surface area contributed by atoms with E-state index in [0.717, 1.165) is 24.7 Å². The van der Waals surface area contributed by atoms with Crippen molar-refractivity contribution in [2.45, 2.75) is 51.0 Å². The Morgan fingerprint density at radius 3 is 2.71 bits per heavy atom. The maximum atomic E-state index is 4.40. The molecule has 0 unspecified atom stereocenters. The number of nitrogens with zero attached hydrogens (tertiary/aromatic N) is 2. The van der Waals surface area contributed by atoms with Gasteiger partial charge in [-0.25, -0.2) is 4.98 Å². The molecule has 1 fully saturated rings. The fraction of sp³-hybridized carbons (Fsp3) is 0.556. The number of rotatable bonds is 5. The molecule has 2 aromatic heterocycles. The number of aromatic nitrogens is 1. The Labute approximate surface area is 152 Å². The van der Waals surface area contributed by atoms with Gasteiger partial charge < -0.3 is 10.6 Å². The Morgan fingerprint density at radius 2 is 2.08 bits per heavy atom. The molecule has 24 heavy (non-hydrogen) atoms. The van der Waals surface area contributed by atoms with Crippen molar-refractivity contribution in [2.24, 2.45) is 4.99 Å². The molecule has 0 radical (unpaired) electrons. The number of aryl methyl sites for hydroxylation is 1. The molecule has 0 bridgehead atoms. The smallest absolute Gasteiger partial charge is 0.191 e. The topological polar surface area (TPSA) is 49.3 Å². The van der Waals surface area contributed by atoms with Crippen LogP contribution in [0.2, 0.25) is 0 Å². The van der Waals surface area contributed by atoms with Crippen LogP contribution < -0.4 is 10.6 Å². The molecule has 0 amide bonds. The molecule has 6 heteroatoms. The van der Waals surface area contributed by atoms with E-state index in [1.54, 1.807) is 11.3 Å². The molecule has 0 aromatic carbocycles. The minimum Gasteiger partial charge on any atom is -0.355 e. The summed E-state index contributed by atoms with van der Waals surface area (Å²) in [5.74, 6) is 0.879. The van der Waals surface area contributed by atoms with Crippen LogP contribution >= 0.6 is 22.7 Å². The summed E-state index contributed by atoms with van der Waals surface area (Å²) in [6.45, 7) is 3.79. The largest absolute Gasteiger partial charge is 0.355 e. The highest BCUT2D eigenvalue weighted by molar-refractivity contribution is 7.10. The Morgan fingerprint density at radius 1 is 1.25 bits per heavy atom. The van der Waals surface area contributed by atoms with Crippen LogP contribution in [0.4, 0.5) is 0 Å². The zero-order valence-corrected chi connectivity index (χ0v) is 16.1. The highest BCUT2D eigenvalue weighted by atomic mass is 32.1. The first kappa shape index (κ1) is 17.4. The second-order valence-corrected chi connectivity index (χ2v) is 8.35. The minimum atomic E-state index is 0.268. The lowest BCUT2D eigenvalue weighted by molar-refractivity contribution is 0.296. The third-order valence-corrected chi connectivity index (χ3v) is 6.98. The van der Waals surface area contributed by atoms with Crippen molar-refractivity contribution < 1.29 is 0 Å². The van der Waals surface area contributed by atoms with Gasteiger partial charge in [0.05, 0.1) is 17.7 Å². The zero-order chi connectivity index (χ0) is 16.8. The van der Waals surface area contributed by atoms with Gasteiger partial charge in [-0.2, -0.15) is 0 Å². The molecule has 2 heterocycles. The summed E-state index contributed by atoms with van der Waals surface area (Å²) in [5.41, 5.74) is 3.27. The molecule has 2 aromatic rings. The first-order valence-electron chi connectivity index (χ1n) is 8.61. The standard InChI is InChI=1S/C18H26N4S2/c1-14-15(24-13-22-14)11-20-17(19-2)21-12-18(8-4-3-5-9-18)16-7-6-10-23-16/h6-7,10,13H,3-5,8-9,11-12H2,1-2H3,(H2,19,20,21). The van der Waals surface area contributed by atoms with Crippen LogP contribution in [-0.2, 0) is 12.0 Å². The summed E-state index contributed by atoms with van der Waals surface area (Å²) in [4.78, 5) is 11.5. The Bertz CT molecular complexity index is 654. The van der Waals surface area contributed by atoms with Crippen molar-refractivity contribution in [3.8, 4) is 0 Å². The van der Waals surface area contributed by atoms with E-state index in [1.807, 2.05) is 23.9 Å². The van der Waals surface area contributed by atoms with Crippen LogP contribution in [0.3, 0.4) is 0 Å². The molecule has 1 saturated carbocycles. The molecule has 0 saturated heterocycles. The van der Waals surface area contributed by atoms with Crippen LogP contribution in [0.15, 0.2) is 28.0 Å². The molecule has 0 spiro atoms. The first-order chi connectivity index (χ1) is 11.7. The summed E-state index contributed by atoms with van der Waals surface area (Å²) in [7, 11) is 1.84. The van der Waals surface area contributed by atoms with Crippen molar-refractivity contribution in [2.75, 3.05) is 13.6 Å². The average molecular weight is 363 g/mol. The van der Waals surface area contributed by atoms with Crippen molar-refractivity contribution in [3.05, 3.63) is 38.5 Å². The van der Waals surface area contributed by atoms with E-state index < -0.39 is 0 Å². The maximum Gasteiger partial charge on any atom is 0.191 e. The molecular weight excluding hydrogens is 336 g/mol. The van der Waals surface area contributed by atoms with Crippen LogP contribution in [0.5, 0.6) is 0 Å². The van der Waals surface area contributed by atoms with Crippen LogP contribution in [0.1, 0.15) is 47.6 Å². The van der Waals surface area contributed by atoms with Gasteiger partial charge in [0, 0.05) is 28.8 Å². The van der Waals surface area contributed by atoms with E-state index in [2.05, 4.69) is 45.0 Å².